The number of amides is 1. The zero-order valence-corrected chi connectivity index (χ0v) is 20.6. The third-order valence-electron chi connectivity index (χ3n) is 4.34. The van der Waals surface area contributed by atoms with Crippen molar-refractivity contribution in [2.75, 3.05) is 60.0 Å². The van der Waals surface area contributed by atoms with E-state index in [0.29, 0.717) is 19.0 Å². The number of hydrogen-bond donors (Lipinski definition) is 2. The summed E-state index contributed by atoms with van der Waals surface area (Å²) in [6.45, 7) is 9.62. The molecule has 0 aliphatic rings. The molecule has 0 bridgehead atoms. The highest BCUT2D eigenvalue weighted by Gasteiger charge is 2.12. The fourth-order valence-corrected chi connectivity index (χ4v) is 2.72. The molecular weight excluding hydrogens is 481 g/mol. The van der Waals surface area contributed by atoms with Crippen LogP contribution in [0.4, 0.5) is 0 Å². The molecule has 7 nitrogen and oxygen atoms in total. The highest BCUT2D eigenvalue weighted by molar-refractivity contribution is 14.0. The average molecular weight is 519 g/mol. The standard InChI is InChI=1S/C21H37N5O2.HI/c1-5-22-21(23-13-15-25(3)14-10-16-28-4)24-17-20(27)26(6-2)18-19-11-8-7-9-12-19;/h7-9,11-12H,5-6,10,13-18H2,1-4H3,(H2,22,23,24);1H. The summed E-state index contributed by atoms with van der Waals surface area (Å²) < 4.78 is 5.08. The maximum absolute atomic E-state index is 12.6. The molecule has 0 atom stereocenters. The summed E-state index contributed by atoms with van der Waals surface area (Å²) in [6.07, 6.45) is 1.02. The lowest BCUT2D eigenvalue weighted by atomic mass is 10.2. The van der Waals surface area contributed by atoms with E-state index in [1.54, 1.807) is 7.11 Å². The molecule has 0 spiro atoms. The number of methoxy groups -OCH3 is 1. The molecule has 0 unspecified atom stereocenters. The molecule has 0 aliphatic heterocycles. The van der Waals surface area contributed by atoms with Gasteiger partial charge in [-0.15, -0.1) is 24.0 Å². The highest BCUT2D eigenvalue weighted by Crippen LogP contribution is 2.04. The minimum atomic E-state index is 0. The van der Waals surface area contributed by atoms with Crippen molar-refractivity contribution in [3.63, 3.8) is 0 Å². The van der Waals surface area contributed by atoms with E-state index in [2.05, 4.69) is 27.6 Å². The number of likely N-dealkylation sites (N-methyl/N-ethyl adjacent to an activating group) is 2. The van der Waals surface area contributed by atoms with E-state index in [4.69, 9.17) is 4.74 Å². The zero-order valence-electron chi connectivity index (χ0n) is 18.3. The van der Waals surface area contributed by atoms with Crippen LogP contribution in [0.15, 0.2) is 35.3 Å². The summed E-state index contributed by atoms with van der Waals surface area (Å²) >= 11 is 0. The minimum Gasteiger partial charge on any atom is -0.385 e. The number of aliphatic imine (C=N–C) groups is 1. The lowest BCUT2D eigenvalue weighted by Gasteiger charge is -2.21. The number of benzene rings is 1. The molecule has 0 saturated carbocycles. The number of guanidine groups is 1. The van der Waals surface area contributed by atoms with E-state index in [-0.39, 0.29) is 36.4 Å². The first-order valence-electron chi connectivity index (χ1n) is 10.1. The van der Waals surface area contributed by atoms with E-state index in [1.807, 2.05) is 49.1 Å². The second kappa shape index (κ2) is 17.5. The van der Waals surface area contributed by atoms with Gasteiger partial charge in [-0.1, -0.05) is 30.3 Å². The Balaban J connectivity index is 0.00000784. The lowest BCUT2D eigenvalue weighted by molar-refractivity contribution is -0.130. The van der Waals surface area contributed by atoms with Crippen molar-refractivity contribution in [2.45, 2.75) is 26.8 Å². The summed E-state index contributed by atoms with van der Waals surface area (Å²) in [4.78, 5) is 21.1. The van der Waals surface area contributed by atoms with Gasteiger partial charge in [0.1, 0.15) is 6.54 Å². The summed E-state index contributed by atoms with van der Waals surface area (Å²) in [5, 5.41) is 6.50. The molecule has 1 aromatic rings. The van der Waals surface area contributed by atoms with Gasteiger partial charge in [-0.3, -0.25) is 4.79 Å². The van der Waals surface area contributed by atoms with E-state index in [0.717, 1.165) is 44.8 Å². The number of hydrogen-bond acceptors (Lipinski definition) is 4. The van der Waals surface area contributed by atoms with Crippen LogP contribution < -0.4 is 10.6 Å². The van der Waals surface area contributed by atoms with Crippen LogP contribution >= 0.6 is 24.0 Å². The van der Waals surface area contributed by atoms with Crippen LogP contribution in [0.3, 0.4) is 0 Å². The van der Waals surface area contributed by atoms with Crippen LogP contribution in [0.25, 0.3) is 0 Å². The molecule has 29 heavy (non-hydrogen) atoms. The topological polar surface area (TPSA) is 69.2 Å². The predicted octanol–water partition coefficient (Wildman–Crippen LogP) is 2.18. The monoisotopic (exact) mass is 519 g/mol. The molecule has 8 heteroatoms. The average Bonchev–Trinajstić information content (AvgIpc) is 2.71. The number of nitrogens with one attached hydrogen (secondary N) is 2. The summed E-state index contributed by atoms with van der Waals surface area (Å²) in [5.74, 6) is 0.706. The number of carbonyl (C=O) groups excluding carboxylic acids is 1. The number of rotatable bonds is 13. The SMILES string of the molecule is CCNC(=NCC(=O)N(CC)Cc1ccccc1)NCCN(C)CCCOC.I. The fraction of sp³-hybridized carbons (Fsp3) is 0.619. The van der Waals surface area contributed by atoms with Gasteiger partial charge in [-0.05, 0) is 32.9 Å². The molecule has 2 N–H and O–H groups in total. The minimum absolute atomic E-state index is 0. The van der Waals surface area contributed by atoms with Gasteiger partial charge < -0.3 is 25.2 Å². The van der Waals surface area contributed by atoms with Crippen molar-refractivity contribution >= 4 is 35.8 Å². The first-order chi connectivity index (χ1) is 13.6. The summed E-state index contributed by atoms with van der Waals surface area (Å²) in [5.41, 5.74) is 1.13. The lowest BCUT2D eigenvalue weighted by Crippen LogP contribution is -2.42. The predicted molar refractivity (Wildman–Crippen MR) is 131 cm³/mol. The summed E-state index contributed by atoms with van der Waals surface area (Å²) in [7, 11) is 3.81. The molecule has 0 aliphatic carbocycles. The third kappa shape index (κ3) is 12.7. The number of carbonyl (C=O) groups is 1. The quantitative estimate of drug-likeness (QED) is 0.181. The van der Waals surface area contributed by atoms with Crippen molar-refractivity contribution < 1.29 is 9.53 Å². The second-order valence-electron chi connectivity index (χ2n) is 6.67. The Hall–Kier alpha value is -1.39. The highest BCUT2D eigenvalue weighted by atomic mass is 127. The Labute approximate surface area is 193 Å². The van der Waals surface area contributed by atoms with Crippen LogP contribution in [0.5, 0.6) is 0 Å². The van der Waals surface area contributed by atoms with Crippen molar-refractivity contribution in [1.82, 2.24) is 20.4 Å². The van der Waals surface area contributed by atoms with Crippen LogP contribution in [-0.4, -0.2) is 81.7 Å². The van der Waals surface area contributed by atoms with Crippen molar-refractivity contribution in [1.29, 1.82) is 0 Å². The van der Waals surface area contributed by atoms with E-state index < -0.39 is 0 Å². The molecule has 0 fully saturated rings. The Morgan fingerprint density at radius 3 is 2.48 bits per heavy atom. The van der Waals surface area contributed by atoms with Crippen LogP contribution in [0.1, 0.15) is 25.8 Å². The molecule has 1 amide bonds. The van der Waals surface area contributed by atoms with Crippen molar-refractivity contribution in [3.05, 3.63) is 35.9 Å². The first kappa shape index (κ1) is 27.6. The smallest absolute Gasteiger partial charge is 0.244 e. The molecule has 0 aromatic heterocycles. The maximum atomic E-state index is 12.6. The van der Waals surface area contributed by atoms with Gasteiger partial charge in [0.15, 0.2) is 5.96 Å². The molecular formula is C21H38IN5O2. The van der Waals surface area contributed by atoms with Crippen molar-refractivity contribution in [2.24, 2.45) is 4.99 Å². The Morgan fingerprint density at radius 2 is 1.86 bits per heavy atom. The van der Waals surface area contributed by atoms with Gasteiger partial charge in [-0.25, -0.2) is 4.99 Å². The van der Waals surface area contributed by atoms with Gasteiger partial charge in [0.2, 0.25) is 5.91 Å². The normalized spacial score (nSPS) is 11.1. The van der Waals surface area contributed by atoms with E-state index >= 15 is 0 Å². The maximum Gasteiger partial charge on any atom is 0.244 e. The van der Waals surface area contributed by atoms with Crippen LogP contribution in [-0.2, 0) is 16.1 Å². The van der Waals surface area contributed by atoms with Crippen LogP contribution in [0, 0.1) is 0 Å². The molecule has 1 rings (SSSR count). The Kier molecular flexibility index (Phi) is 16.6. The second-order valence-corrected chi connectivity index (χ2v) is 6.67. The number of nitrogens with zero attached hydrogens (tertiary/aromatic N) is 3. The zero-order chi connectivity index (χ0) is 20.6. The Bertz CT molecular complexity index is 571. The Morgan fingerprint density at radius 1 is 1.14 bits per heavy atom. The van der Waals surface area contributed by atoms with Gasteiger partial charge in [0.25, 0.3) is 0 Å². The molecule has 0 radical (unpaired) electrons. The number of ether oxygens (including phenoxy) is 1. The third-order valence-corrected chi connectivity index (χ3v) is 4.34. The van der Waals surface area contributed by atoms with E-state index in [9.17, 15) is 4.79 Å². The van der Waals surface area contributed by atoms with Gasteiger partial charge in [0, 0.05) is 53.0 Å². The first-order valence-corrected chi connectivity index (χ1v) is 10.1. The van der Waals surface area contributed by atoms with Gasteiger partial charge >= 0.3 is 0 Å². The fourth-order valence-electron chi connectivity index (χ4n) is 2.72. The summed E-state index contributed by atoms with van der Waals surface area (Å²) in [6, 6.07) is 10.0. The van der Waals surface area contributed by atoms with Crippen molar-refractivity contribution in [3.8, 4) is 0 Å². The largest absolute Gasteiger partial charge is 0.385 e. The number of halogens is 1. The molecule has 166 valence electrons. The molecule has 1 aromatic carbocycles. The van der Waals surface area contributed by atoms with E-state index in [1.165, 1.54) is 0 Å². The van der Waals surface area contributed by atoms with Gasteiger partial charge in [0.05, 0.1) is 0 Å². The molecule has 0 heterocycles. The van der Waals surface area contributed by atoms with Gasteiger partial charge in [-0.2, -0.15) is 0 Å². The van der Waals surface area contributed by atoms with Crippen LogP contribution in [0.2, 0.25) is 0 Å². The molecule has 0 saturated heterocycles.